The van der Waals surface area contributed by atoms with Gasteiger partial charge in [-0.2, -0.15) is 11.8 Å². The summed E-state index contributed by atoms with van der Waals surface area (Å²) in [7, 11) is 0. The van der Waals surface area contributed by atoms with E-state index in [2.05, 4.69) is 4.98 Å². The molecule has 1 saturated heterocycles. The van der Waals surface area contributed by atoms with Gasteiger partial charge < -0.3 is 14.6 Å². The quantitative estimate of drug-likeness (QED) is 0.898. The maximum Gasteiger partial charge on any atom is 0.356 e. The lowest BCUT2D eigenvalue weighted by molar-refractivity contribution is 0.0682. The second kappa shape index (κ2) is 4.82. The molecule has 1 unspecified atom stereocenters. The Morgan fingerprint density at radius 2 is 2.15 bits per heavy atom. The van der Waals surface area contributed by atoms with E-state index in [-0.39, 0.29) is 17.2 Å². The van der Waals surface area contributed by atoms with Crippen LogP contribution in [-0.4, -0.2) is 43.0 Å². The van der Waals surface area contributed by atoms with Gasteiger partial charge in [0.05, 0.1) is 11.1 Å². The molecule has 0 radical (unpaired) electrons. The van der Waals surface area contributed by atoms with Crippen molar-refractivity contribution in [2.24, 2.45) is 0 Å². The number of pyridine rings is 1. The van der Waals surface area contributed by atoms with Gasteiger partial charge in [0, 0.05) is 17.9 Å². The minimum Gasteiger partial charge on any atom is -0.478 e. The number of aromatic nitrogens is 2. The Labute approximate surface area is 118 Å². The molecule has 2 aromatic rings. The van der Waals surface area contributed by atoms with Crippen molar-refractivity contribution in [2.45, 2.75) is 12.3 Å². The van der Waals surface area contributed by atoms with Gasteiger partial charge in [-0.1, -0.05) is 0 Å². The Balaban J connectivity index is 2.22. The summed E-state index contributed by atoms with van der Waals surface area (Å²) in [5.74, 6) is 0.661. The van der Waals surface area contributed by atoms with Crippen LogP contribution >= 0.6 is 11.8 Å². The second-order valence-electron chi connectivity index (χ2n) is 4.66. The zero-order valence-electron chi connectivity index (χ0n) is 10.4. The summed E-state index contributed by atoms with van der Waals surface area (Å²) in [6.07, 6.45) is 2.56. The highest BCUT2D eigenvalue weighted by Crippen LogP contribution is 2.33. The molecule has 1 atom stereocenters. The zero-order chi connectivity index (χ0) is 14.3. The summed E-state index contributed by atoms with van der Waals surface area (Å²) >= 11 is 1.82. The van der Waals surface area contributed by atoms with Crippen molar-refractivity contribution >= 4 is 29.2 Å². The molecule has 2 N–H and O–H groups in total. The van der Waals surface area contributed by atoms with Crippen molar-refractivity contribution in [3.63, 3.8) is 0 Å². The fraction of sp³-hybridized carbons (Fsp3) is 0.308. The molecule has 6 nitrogen and oxygen atoms in total. The summed E-state index contributed by atoms with van der Waals surface area (Å²) in [6, 6.07) is 2.83. The van der Waals surface area contributed by atoms with E-state index in [0.29, 0.717) is 11.3 Å². The average Bonchev–Trinajstić information content (AvgIpc) is 3.04. The van der Waals surface area contributed by atoms with E-state index in [1.165, 1.54) is 12.1 Å². The van der Waals surface area contributed by atoms with Crippen molar-refractivity contribution in [3.8, 4) is 0 Å². The van der Waals surface area contributed by atoms with E-state index in [4.69, 9.17) is 5.11 Å². The van der Waals surface area contributed by atoms with Gasteiger partial charge in [0.2, 0.25) is 0 Å². The van der Waals surface area contributed by atoms with Gasteiger partial charge in [-0.15, -0.1) is 0 Å². The molecule has 0 aromatic carbocycles. The van der Waals surface area contributed by atoms with Crippen molar-refractivity contribution in [2.75, 3.05) is 11.5 Å². The fourth-order valence-corrected chi connectivity index (χ4v) is 3.64. The van der Waals surface area contributed by atoms with Crippen molar-refractivity contribution < 1.29 is 19.8 Å². The smallest absolute Gasteiger partial charge is 0.356 e. The largest absolute Gasteiger partial charge is 0.478 e. The molecule has 0 amide bonds. The van der Waals surface area contributed by atoms with Gasteiger partial charge in [-0.25, -0.2) is 14.6 Å². The number of aromatic carboxylic acids is 2. The molecule has 2 aromatic heterocycles. The number of carbonyl (C=O) groups is 2. The predicted molar refractivity (Wildman–Crippen MR) is 73.8 cm³/mol. The Hall–Kier alpha value is -2.02. The molecule has 1 aliphatic heterocycles. The first kappa shape index (κ1) is 13.0. The fourth-order valence-electron chi connectivity index (χ4n) is 2.42. The summed E-state index contributed by atoms with van der Waals surface area (Å²) in [6.45, 7) is 0. The lowest BCUT2D eigenvalue weighted by Crippen LogP contribution is -2.04. The molecule has 3 heterocycles. The number of hydrogen-bond donors (Lipinski definition) is 2. The monoisotopic (exact) mass is 292 g/mol. The highest BCUT2D eigenvalue weighted by atomic mass is 32.2. The van der Waals surface area contributed by atoms with Crippen LogP contribution < -0.4 is 0 Å². The molecule has 20 heavy (non-hydrogen) atoms. The molecule has 3 rings (SSSR count). The van der Waals surface area contributed by atoms with Gasteiger partial charge in [-0.05, 0) is 24.3 Å². The summed E-state index contributed by atoms with van der Waals surface area (Å²) in [5.41, 5.74) is 0.316. The number of carboxylic acid groups (broad SMARTS) is 2. The Morgan fingerprint density at radius 1 is 1.35 bits per heavy atom. The van der Waals surface area contributed by atoms with Gasteiger partial charge >= 0.3 is 11.9 Å². The minimum atomic E-state index is -1.14. The Morgan fingerprint density at radius 3 is 2.75 bits per heavy atom. The Kier molecular flexibility index (Phi) is 3.13. The molecule has 0 aliphatic carbocycles. The highest BCUT2D eigenvalue weighted by molar-refractivity contribution is 7.99. The first-order valence-corrected chi connectivity index (χ1v) is 7.29. The highest BCUT2D eigenvalue weighted by Gasteiger charge is 2.26. The van der Waals surface area contributed by atoms with E-state index in [1.54, 1.807) is 10.6 Å². The van der Waals surface area contributed by atoms with Crippen LogP contribution in [0.15, 0.2) is 18.3 Å². The van der Waals surface area contributed by atoms with Crippen LogP contribution in [0, 0.1) is 0 Å². The lowest BCUT2D eigenvalue weighted by Gasteiger charge is -2.07. The number of hydrogen-bond acceptors (Lipinski definition) is 4. The third-order valence-electron chi connectivity index (χ3n) is 3.42. The van der Waals surface area contributed by atoms with Crippen LogP contribution in [0.2, 0.25) is 0 Å². The molecular weight excluding hydrogens is 280 g/mol. The van der Waals surface area contributed by atoms with Crippen LogP contribution in [0.4, 0.5) is 0 Å². The van der Waals surface area contributed by atoms with Gasteiger partial charge in [0.15, 0.2) is 5.69 Å². The van der Waals surface area contributed by atoms with Crippen LogP contribution in [0.5, 0.6) is 0 Å². The maximum atomic E-state index is 11.3. The SMILES string of the molecule is O=C(O)c1ccn2c(C3CCSC3)nc(C(=O)O)c2c1. The number of imidazole rings is 1. The maximum absolute atomic E-state index is 11.3. The summed E-state index contributed by atoms with van der Waals surface area (Å²) in [5, 5.41) is 18.3. The number of nitrogens with zero attached hydrogens (tertiary/aromatic N) is 2. The molecule has 1 aliphatic rings. The van der Waals surface area contributed by atoms with Crippen molar-refractivity contribution in [3.05, 3.63) is 35.4 Å². The third kappa shape index (κ3) is 2.03. The molecule has 7 heteroatoms. The minimum absolute atomic E-state index is 0.0623. The Bertz CT molecular complexity index is 704. The summed E-state index contributed by atoms with van der Waals surface area (Å²) in [4.78, 5) is 26.5. The third-order valence-corrected chi connectivity index (χ3v) is 4.58. The topological polar surface area (TPSA) is 91.9 Å². The van der Waals surface area contributed by atoms with E-state index in [9.17, 15) is 14.7 Å². The number of rotatable bonds is 3. The molecule has 0 saturated carbocycles. The normalized spacial score (nSPS) is 18.5. The van der Waals surface area contributed by atoms with Gasteiger partial charge in [-0.3, -0.25) is 0 Å². The second-order valence-corrected chi connectivity index (χ2v) is 5.81. The number of carboxylic acids is 2. The number of fused-ring (bicyclic) bond motifs is 1. The standard InChI is InChI=1S/C13H12N2O4S/c16-12(17)7-1-3-15-9(5-7)10(13(18)19)14-11(15)8-2-4-20-6-8/h1,3,5,8H,2,4,6H2,(H,16,17)(H,18,19). The number of thioether (sulfide) groups is 1. The van der Waals surface area contributed by atoms with Crippen molar-refractivity contribution in [1.82, 2.24) is 9.38 Å². The van der Waals surface area contributed by atoms with Gasteiger partial charge in [0.1, 0.15) is 5.82 Å². The van der Waals surface area contributed by atoms with Gasteiger partial charge in [0.25, 0.3) is 0 Å². The first-order chi connectivity index (χ1) is 9.58. The molecule has 1 fully saturated rings. The lowest BCUT2D eigenvalue weighted by atomic mass is 10.1. The van der Waals surface area contributed by atoms with Crippen LogP contribution in [0.25, 0.3) is 5.52 Å². The molecular formula is C13H12N2O4S. The zero-order valence-corrected chi connectivity index (χ0v) is 11.3. The van der Waals surface area contributed by atoms with Crippen LogP contribution in [0.1, 0.15) is 39.0 Å². The van der Waals surface area contributed by atoms with E-state index in [0.717, 1.165) is 17.9 Å². The molecule has 0 bridgehead atoms. The van der Waals surface area contributed by atoms with E-state index in [1.807, 2.05) is 11.8 Å². The van der Waals surface area contributed by atoms with E-state index < -0.39 is 11.9 Å². The van der Waals surface area contributed by atoms with E-state index >= 15 is 0 Å². The van der Waals surface area contributed by atoms with Crippen LogP contribution in [-0.2, 0) is 0 Å². The summed E-state index contributed by atoms with van der Waals surface area (Å²) < 4.78 is 1.70. The van der Waals surface area contributed by atoms with Crippen LogP contribution in [0.3, 0.4) is 0 Å². The average molecular weight is 292 g/mol. The predicted octanol–water partition coefficient (Wildman–Crippen LogP) is 1.95. The molecule has 0 spiro atoms. The molecule has 104 valence electrons. The van der Waals surface area contributed by atoms with Crippen molar-refractivity contribution in [1.29, 1.82) is 0 Å². The first-order valence-electron chi connectivity index (χ1n) is 6.14.